The van der Waals surface area contributed by atoms with Crippen LogP contribution in [0.5, 0.6) is 11.5 Å². The van der Waals surface area contributed by atoms with Gasteiger partial charge in [0, 0.05) is 28.0 Å². The van der Waals surface area contributed by atoms with Gasteiger partial charge in [0.2, 0.25) is 0 Å². The fourth-order valence-electron chi connectivity index (χ4n) is 2.14. The zero-order valence-corrected chi connectivity index (χ0v) is 13.0. The molecule has 0 radical (unpaired) electrons. The molecule has 0 aliphatic rings. The molecule has 0 aromatic heterocycles. The van der Waals surface area contributed by atoms with Gasteiger partial charge in [0.15, 0.2) is 0 Å². The van der Waals surface area contributed by atoms with E-state index in [1.54, 1.807) is 26.0 Å². The average Bonchev–Trinajstić information content (AvgIpc) is 2.50. The molecule has 0 spiro atoms. The van der Waals surface area contributed by atoms with Crippen LogP contribution in [0.1, 0.15) is 6.92 Å². The Balaban J connectivity index is 2.38. The minimum Gasteiger partial charge on any atom is -0.496 e. The van der Waals surface area contributed by atoms with Crippen molar-refractivity contribution in [2.45, 2.75) is 11.8 Å². The van der Waals surface area contributed by atoms with E-state index in [-0.39, 0.29) is 0 Å². The number of rotatable bonds is 7. The second-order valence-electron chi connectivity index (χ2n) is 4.19. The van der Waals surface area contributed by atoms with Gasteiger partial charge in [0.25, 0.3) is 0 Å². The monoisotopic (exact) mass is 292 g/mol. The third-order valence-electron chi connectivity index (χ3n) is 3.05. The lowest BCUT2D eigenvalue weighted by Crippen LogP contribution is -1.96. The van der Waals surface area contributed by atoms with E-state index < -0.39 is 0 Å². The zero-order chi connectivity index (χ0) is 14.4. The minimum atomic E-state index is 0.754. The maximum Gasteiger partial charge on any atom is 0.127 e. The fraction of sp³-hybridized carbons (Fsp3) is 0.375. The number of hydrogen-bond acceptors (Lipinski definition) is 4. The van der Waals surface area contributed by atoms with Crippen molar-refractivity contribution >= 4 is 22.5 Å². The molecule has 0 aliphatic carbocycles. The van der Waals surface area contributed by atoms with Crippen molar-refractivity contribution in [3.63, 3.8) is 0 Å². The Morgan fingerprint density at radius 2 is 1.80 bits per heavy atom. The molecule has 108 valence electrons. The summed E-state index contributed by atoms with van der Waals surface area (Å²) in [7, 11) is 3.39. The van der Waals surface area contributed by atoms with Crippen LogP contribution in [-0.2, 0) is 4.74 Å². The van der Waals surface area contributed by atoms with Crippen LogP contribution >= 0.6 is 11.8 Å². The van der Waals surface area contributed by atoms with Crippen molar-refractivity contribution < 1.29 is 14.2 Å². The van der Waals surface area contributed by atoms with Crippen molar-refractivity contribution in [3.8, 4) is 11.5 Å². The van der Waals surface area contributed by atoms with Gasteiger partial charge < -0.3 is 14.2 Å². The first-order valence-corrected chi connectivity index (χ1v) is 7.64. The third kappa shape index (κ3) is 3.19. The van der Waals surface area contributed by atoms with Crippen LogP contribution in [0.3, 0.4) is 0 Å². The molecule has 0 heterocycles. The van der Waals surface area contributed by atoms with Crippen molar-refractivity contribution in [2.75, 3.05) is 33.2 Å². The second kappa shape index (κ2) is 7.41. The Morgan fingerprint density at radius 1 is 1.00 bits per heavy atom. The van der Waals surface area contributed by atoms with Crippen LogP contribution in [0.4, 0.5) is 0 Å². The van der Waals surface area contributed by atoms with Gasteiger partial charge >= 0.3 is 0 Å². The van der Waals surface area contributed by atoms with E-state index in [4.69, 9.17) is 14.2 Å². The van der Waals surface area contributed by atoms with E-state index in [1.807, 2.05) is 25.1 Å². The van der Waals surface area contributed by atoms with Crippen LogP contribution in [0.25, 0.3) is 10.8 Å². The SMILES string of the molecule is CCOCCSc1ccc(OC)c2cccc(OC)c12. The number of hydrogen-bond donors (Lipinski definition) is 0. The van der Waals surface area contributed by atoms with Gasteiger partial charge in [0.05, 0.1) is 20.8 Å². The van der Waals surface area contributed by atoms with E-state index >= 15 is 0 Å². The van der Waals surface area contributed by atoms with E-state index in [9.17, 15) is 0 Å². The summed E-state index contributed by atoms with van der Waals surface area (Å²) >= 11 is 1.78. The van der Waals surface area contributed by atoms with Gasteiger partial charge in [-0.25, -0.2) is 0 Å². The quantitative estimate of drug-likeness (QED) is 0.570. The summed E-state index contributed by atoms with van der Waals surface area (Å²) in [4.78, 5) is 1.19. The number of ether oxygens (including phenoxy) is 3. The van der Waals surface area contributed by atoms with Crippen LogP contribution in [0, 0.1) is 0 Å². The summed E-state index contributed by atoms with van der Waals surface area (Å²) in [5.41, 5.74) is 0. The van der Waals surface area contributed by atoms with Gasteiger partial charge in [-0.1, -0.05) is 12.1 Å². The highest BCUT2D eigenvalue weighted by Crippen LogP contribution is 2.39. The molecule has 0 saturated carbocycles. The van der Waals surface area contributed by atoms with Crippen molar-refractivity contribution in [1.29, 1.82) is 0 Å². The highest BCUT2D eigenvalue weighted by atomic mass is 32.2. The minimum absolute atomic E-state index is 0.754. The van der Waals surface area contributed by atoms with Gasteiger partial charge in [-0.2, -0.15) is 0 Å². The molecule has 0 fully saturated rings. The molecular weight excluding hydrogens is 272 g/mol. The molecule has 4 heteroatoms. The average molecular weight is 292 g/mol. The molecule has 0 bridgehead atoms. The summed E-state index contributed by atoms with van der Waals surface area (Å²) in [6, 6.07) is 10.1. The maximum absolute atomic E-state index is 5.49. The molecule has 0 N–H and O–H groups in total. The Hall–Kier alpha value is -1.39. The lowest BCUT2D eigenvalue weighted by molar-refractivity contribution is 0.164. The topological polar surface area (TPSA) is 27.7 Å². The molecule has 2 aromatic carbocycles. The molecular formula is C16H20O3S. The molecule has 0 atom stereocenters. The lowest BCUT2D eigenvalue weighted by Gasteiger charge is -2.13. The third-order valence-corrected chi connectivity index (χ3v) is 4.08. The smallest absolute Gasteiger partial charge is 0.127 e. The van der Waals surface area contributed by atoms with Crippen LogP contribution in [-0.4, -0.2) is 33.2 Å². The lowest BCUT2D eigenvalue weighted by atomic mass is 10.1. The predicted molar refractivity (Wildman–Crippen MR) is 84.3 cm³/mol. The van der Waals surface area contributed by atoms with Gasteiger partial charge in [-0.15, -0.1) is 11.8 Å². The zero-order valence-electron chi connectivity index (χ0n) is 12.1. The van der Waals surface area contributed by atoms with E-state index in [1.165, 1.54) is 4.90 Å². The summed E-state index contributed by atoms with van der Waals surface area (Å²) < 4.78 is 16.3. The largest absolute Gasteiger partial charge is 0.496 e. The summed E-state index contributed by atoms with van der Waals surface area (Å²) in [5.74, 6) is 2.67. The van der Waals surface area contributed by atoms with Gasteiger partial charge in [-0.3, -0.25) is 0 Å². The Kier molecular flexibility index (Phi) is 5.56. The van der Waals surface area contributed by atoms with Crippen LogP contribution < -0.4 is 9.47 Å². The predicted octanol–water partition coefficient (Wildman–Crippen LogP) is 3.99. The number of thioether (sulfide) groups is 1. The van der Waals surface area contributed by atoms with Crippen LogP contribution in [0.15, 0.2) is 35.2 Å². The van der Waals surface area contributed by atoms with E-state index in [0.717, 1.165) is 41.2 Å². The van der Waals surface area contributed by atoms with Crippen LogP contribution in [0.2, 0.25) is 0 Å². The van der Waals surface area contributed by atoms with Crippen molar-refractivity contribution in [1.82, 2.24) is 0 Å². The highest BCUT2D eigenvalue weighted by molar-refractivity contribution is 7.99. The molecule has 2 rings (SSSR count). The summed E-state index contributed by atoms with van der Waals surface area (Å²) in [6.07, 6.45) is 0. The van der Waals surface area contributed by atoms with E-state index in [0.29, 0.717) is 0 Å². The maximum atomic E-state index is 5.49. The normalized spacial score (nSPS) is 10.8. The number of methoxy groups -OCH3 is 2. The molecule has 3 nitrogen and oxygen atoms in total. The number of fused-ring (bicyclic) bond motifs is 1. The van der Waals surface area contributed by atoms with Gasteiger partial charge in [-0.05, 0) is 25.1 Å². The highest BCUT2D eigenvalue weighted by Gasteiger charge is 2.11. The second-order valence-corrected chi connectivity index (χ2v) is 5.33. The number of benzene rings is 2. The first kappa shape index (κ1) is 15.0. The molecule has 0 unspecified atom stereocenters. The van der Waals surface area contributed by atoms with E-state index in [2.05, 4.69) is 12.1 Å². The summed E-state index contributed by atoms with van der Waals surface area (Å²) in [6.45, 7) is 3.52. The molecule has 0 saturated heterocycles. The van der Waals surface area contributed by atoms with Crippen molar-refractivity contribution in [3.05, 3.63) is 30.3 Å². The fourth-order valence-corrected chi connectivity index (χ4v) is 3.08. The van der Waals surface area contributed by atoms with Gasteiger partial charge in [0.1, 0.15) is 11.5 Å². The first-order valence-electron chi connectivity index (χ1n) is 6.66. The summed E-state index contributed by atoms with van der Waals surface area (Å²) in [5, 5.41) is 2.18. The Bertz CT molecular complexity index is 569. The standard InChI is InChI=1S/C16H20O3S/c1-4-19-10-11-20-15-9-8-13(17-2)12-6-5-7-14(18-3)16(12)15/h5-9H,4,10-11H2,1-3H3. The Morgan fingerprint density at radius 3 is 2.50 bits per heavy atom. The van der Waals surface area contributed by atoms with Crippen molar-refractivity contribution in [2.24, 2.45) is 0 Å². The first-order chi connectivity index (χ1) is 9.81. The molecule has 0 aliphatic heterocycles. The molecule has 2 aromatic rings. The molecule has 0 amide bonds. The molecule has 20 heavy (non-hydrogen) atoms. The Labute approximate surface area is 124 Å².